The lowest BCUT2D eigenvalue weighted by Crippen LogP contribution is -2.29. The van der Waals surface area contributed by atoms with E-state index in [1.165, 1.54) is 4.31 Å². The van der Waals surface area contributed by atoms with E-state index in [1.54, 1.807) is 13.1 Å². The Morgan fingerprint density at radius 3 is 2.67 bits per heavy atom. The normalized spacial score (nSPS) is 15.6. The molecule has 1 N–H and O–H groups in total. The van der Waals surface area contributed by atoms with Crippen molar-refractivity contribution in [2.75, 3.05) is 20.1 Å². The summed E-state index contributed by atoms with van der Waals surface area (Å²) in [5, 5.41) is 3.33. The van der Waals surface area contributed by atoms with Gasteiger partial charge in [0.05, 0.1) is 4.90 Å². The first-order valence-electron chi connectivity index (χ1n) is 7.72. The van der Waals surface area contributed by atoms with Gasteiger partial charge in [-0.25, -0.2) is 12.7 Å². The average molecular weight is 310 g/mol. The summed E-state index contributed by atoms with van der Waals surface area (Å²) in [4.78, 5) is 0.446. The van der Waals surface area contributed by atoms with E-state index < -0.39 is 10.0 Å². The van der Waals surface area contributed by atoms with Crippen LogP contribution in [0.25, 0.3) is 0 Å². The summed E-state index contributed by atoms with van der Waals surface area (Å²) in [7, 11) is -1.68. The fourth-order valence-electron chi connectivity index (χ4n) is 2.46. The SMILES string of the molecule is CCCNCc1cccc(S(=O)(=O)N(C)CC2CC2)c1C. The van der Waals surface area contributed by atoms with Crippen molar-refractivity contribution in [1.82, 2.24) is 9.62 Å². The van der Waals surface area contributed by atoms with Gasteiger partial charge in [-0.3, -0.25) is 0 Å². The highest BCUT2D eigenvalue weighted by atomic mass is 32.2. The summed E-state index contributed by atoms with van der Waals surface area (Å²) in [6.07, 6.45) is 3.38. The molecule has 1 fully saturated rings. The summed E-state index contributed by atoms with van der Waals surface area (Å²) in [5.74, 6) is 0.555. The van der Waals surface area contributed by atoms with Crippen molar-refractivity contribution in [3.8, 4) is 0 Å². The Hall–Kier alpha value is -0.910. The molecule has 1 saturated carbocycles. The van der Waals surface area contributed by atoms with Gasteiger partial charge in [-0.15, -0.1) is 0 Å². The Balaban J connectivity index is 2.19. The van der Waals surface area contributed by atoms with Gasteiger partial charge in [0.25, 0.3) is 0 Å². The molecule has 0 atom stereocenters. The van der Waals surface area contributed by atoms with Crippen molar-refractivity contribution in [2.24, 2.45) is 5.92 Å². The van der Waals surface area contributed by atoms with Gasteiger partial charge in [0.15, 0.2) is 0 Å². The third-order valence-electron chi connectivity index (χ3n) is 4.04. The molecule has 0 heterocycles. The predicted molar refractivity (Wildman–Crippen MR) is 85.7 cm³/mol. The van der Waals surface area contributed by atoms with Gasteiger partial charge >= 0.3 is 0 Å². The molecule has 1 aromatic carbocycles. The second kappa shape index (κ2) is 6.90. The van der Waals surface area contributed by atoms with Crippen molar-refractivity contribution < 1.29 is 8.42 Å². The van der Waals surface area contributed by atoms with Crippen LogP contribution in [-0.2, 0) is 16.6 Å². The second-order valence-corrected chi connectivity index (χ2v) is 7.96. The van der Waals surface area contributed by atoms with Gasteiger partial charge in [0, 0.05) is 20.1 Å². The first-order chi connectivity index (χ1) is 9.96. The lowest BCUT2D eigenvalue weighted by atomic mass is 10.1. The summed E-state index contributed by atoms with van der Waals surface area (Å²) in [6, 6.07) is 5.56. The lowest BCUT2D eigenvalue weighted by Gasteiger charge is -2.19. The third-order valence-corrected chi connectivity index (χ3v) is 6.01. The number of sulfonamides is 1. The number of rotatable bonds is 8. The summed E-state index contributed by atoms with van der Waals surface area (Å²) in [6.45, 7) is 6.32. The maximum atomic E-state index is 12.7. The number of nitrogens with zero attached hydrogens (tertiary/aromatic N) is 1. The zero-order valence-electron chi connectivity index (χ0n) is 13.2. The first-order valence-corrected chi connectivity index (χ1v) is 9.16. The number of hydrogen-bond acceptors (Lipinski definition) is 3. The van der Waals surface area contributed by atoms with Gasteiger partial charge in [0.2, 0.25) is 10.0 Å². The standard InChI is InChI=1S/C16H26N2O2S/c1-4-10-17-11-15-6-5-7-16(13(15)2)21(19,20)18(3)12-14-8-9-14/h5-7,14,17H,4,8-12H2,1-3H3. The summed E-state index contributed by atoms with van der Waals surface area (Å²) >= 11 is 0. The summed E-state index contributed by atoms with van der Waals surface area (Å²) in [5.41, 5.74) is 1.92. The van der Waals surface area contributed by atoms with Gasteiger partial charge in [-0.1, -0.05) is 19.1 Å². The molecule has 0 bridgehead atoms. The maximum absolute atomic E-state index is 12.7. The number of nitrogens with one attached hydrogen (secondary N) is 1. The smallest absolute Gasteiger partial charge is 0.243 e. The van der Waals surface area contributed by atoms with E-state index in [9.17, 15) is 8.42 Å². The molecule has 0 amide bonds. The number of hydrogen-bond donors (Lipinski definition) is 1. The van der Waals surface area contributed by atoms with Crippen molar-refractivity contribution >= 4 is 10.0 Å². The van der Waals surface area contributed by atoms with Crippen molar-refractivity contribution in [2.45, 2.75) is 44.6 Å². The Bertz CT molecular complexity index is 580. The van der Waals surface area contributed by atoms with Crippen LogP contribution in [-0.4, -0.2) is 32.9 Å². The van der Waals surface area contributed by atoms with Gasteiger partial charge in [-0.2, -0.15) is 0 Å². The van der Waals surface area contributed by atoms with Crippen molar-refractivity contribution in [1.29, 1.82) is 0 Å². The Morgan fingerprint density at radius 2 is 2.05 bits per heavy atom. The quantitative estimate of drug-likeness (QED) is 0.751. The van der Waals surface area contributed by atoms with Crippen molar-refractivity contribution in [3.63, 3.8) is 0 Å². The highest BCUT2D eigenvalue weighted by Gasteiger charge is 2.30. The molecule has 4 nitrogen and oxygen atoms in total. The predicted octanol–water partition coefficient (Wildman–Crippen LogP) is 2.53. The second-order valence-electron chi connectivity index (χ2n) is 5.95. The summed E-state index contributed by atoms with van der Waals surface area (Å²) < 4.78 is 26.9. The Labute approximate surface area is 128 Å². The molecule has 0 saturated heterocycles. The molecule has 0 aliphatic heterocycles. The van der Waals surface area contributed by atoms with Crippen LogP contribution in [0.1, 0.15) is 37.3 Å². The molecule has 0 radical (unpaired) electrons. The van der Waals surface area contributed by atoms with E-state index in [0.29, 0.717) is 17.4 Å². The van der Waals surface area contributed by atoms with E-state index in [2.05, 4.69) is 12.2 Å². The zero-order valence-corrected chi connectivity index (χ0v) is 14.0. The molecule has 118 valence electrons. The number of benzene rings is 1. The molecule has 2 rings (SSSR count). The molecule has 21 heavy (non-hydrogen) atoms. The largest absolute Gasteiger partial charge is 0.313 e. The van der Waals surface area contributed by atoms with E-state index >= 15 is 0 Å². The van der Waals surface area contributed by atoms with Crippen LogP contribution in [0.15, 0.2) is 23.1 Å². The maximum Gasteiger partial charge on any atom is 0.243 e. The lowest BCUT2D eigenvalue weighted by molar-refractivity contribution is 0.452. The van der Waals surface area contributed by atoms with Gasteiger partial charge < -0.3 is 5.32 Å². The Kier molecular flexibility index (Phi) is 5.41. The molecule has 0 aromatic heterocycles. The monoisotopic (exact) mass is 310 g/mol. The minimum Gasteiger partial charge on any atom is -0.313 e. The minimum absolute atomic E-state index is 0.446. The molecule has 5 heteroatoms. The third kappa shape index (κ3) is 4.05. The van der Waals surface area contributed by atoms with Crippen molar-refractivity contribution in [3.05, 3.63) is 29.3 Å². The zero-order chi connectivity index (χ0) is 15.5. The first kappa shape index (κ1) is 16.5. The van der Waals surface area contributed by atoms with Gasteiger partial charge in [-0.05, 0) is 55.8 Å². The molecule has 1 aromatic rings. The van der Waals surface area contributed by atoms with Crippen LogP contribution in [0.3, 0.4) is 0 Å². The van der Waals surface area contributed by atoms with Gasteiger partial charge in [0.1, 0.15) is 0 Å². The van der Waals surface area contributed by atoms with Crippen LogP contribution in [0.5, 0.6) is 0 Å². The molecule has 1 aliphatic rings. The van der Waals surface area contributed by atoms with Crippen LogP contribution in [0, 0.1) is 12.8 Å². The highest BCUT2D eigenvalue weighted by Crippen LogP contribution is 2.31. The highest BCUT2D eigenvalue weighted by molar-refractivity contribution is 7.89. The van der Waals surface area contributed by atoms with Crippen LogP contribution in [0.4, 0.5) is 0 Å². The fourth-order valence-corrected chi connectivity index (χ4v) is 3.97. The van der Waals surface area contributed by atoms with E-state index in [4.69, 9.17) is 0 Å². The Morgan fingerprint density at radius 1 is 1.33 bits per heavy atom. The molecule has 1 aliphatic carbocycles. The topological polar surface area (TPSA) is 49.4 Å². The van der Waals surface area contributed by atoms with E-state index in [1.807, 2.05) is 19.1 Å². The van der Waals surface area contributed by atoms with Crippen LogP contribution >= 0.6 is 0 Å². The fraction of sp³-hybridized carbons (Fsp3) is 0.625. The molecular formula is C16H26N2O2S. The average Bonchev–Trinajstić information content (AvgIpc) is 3.24. The molecular weight excluding hydrogens is 284 g/mol. The molecule has 0 spiro atoms. The van der Waals surface area contributed by atoms with E-state index in [0.717, 1.165) is 43.5 Å². The van der Waals surface area contributed by atoms with E-state index in [-0.39, 0.29) is 0 Å². The minimum atomic E-state index is -3.37. The van der Waals surface area contributed by atoms with Crippen LogP contribution in [0.2, 0.25) is 0 Å². The van der Waals surface area contributed by atoms with Crippen LogP contribution < -0.4 is 5.32 Å². The molecule has 0 unspecified atom stereocenters.